The molecule has 5 heteroatoms. The van der Waals surface area contributed by atoms with E-state index in [4.69, 9.17) is 0 Å². The van der Waals surface area contributed by atoms with Gasteiger partial charge in [-0.2, -0.15) is 0 Å². The molecule has 2 aromatic rings. The summed E-state index contributed by atoms with van der Waals surface area (Å²) in [5, 5.41) is 0. The van der Waals surface area contributed by atoms with Crippen LogP contribution in [0.4, 0.5) is 0 Å². The van der Waals surface area contributed by atoms with E-state index < -0.39 is 0 Å². The van der Waals surface area contributed by atoms with Gasteiger partial charge in [0.1, 0.15) is 0 Å². The van der Waals surface area contributed by atoms with Gasteiger partial charge in [-0.3, -0.25) is 9.59 Å². The average Bonchev–Trinajstić information content (AvgIpc) is 3.36. The maximum absolute atomic E-state index is 13.3. The number of aromatic nitrogens is 1. The van der Waals surface area contributed by atoms with Crippen LogP contribution in [0.3, 0.4) is 0 Å². The molecule has 0 N–H and O–H groups in total. The van der Waals surface area contributed by atoms with Crippen molar-refractivity contribution in [3.05, 3.63) is 52.8 Å². The highest BCUT2D eigenvalue weighted by Crippen LogP contribution is 2.27. The van der Waals surface area contributed by atoms with Gasteiger partial charge in [-0.15, -0.1) is 0 Å². The SMILES string of the molecule is Cc1ccccc1-n1c(C)cc(C(=O)N2CCC(C(=O)N3CCCC3)CC2)c1C. The first-order valence-corrected chi connectivity index (χ1v) is 10.8. The Bertz CT molecular complexity index is 916. The fourth-order valence-corrected chi connectivity index (χ4v) is 4.86. The summed E-state index contributed by atoms with van der Waals surface area (Å²) in [6, 6.07) is 10.3. The molecule has 2 amide bonds. The highest BCUT2D eigenvalue weighted by Gasteiger charge is 2.32. The molecule has 5 nitrogen and oxygen atoms in total. The Balaban J connectivity index is 1.48. The van der Waals surface area contributed by atoms with Gasteiger partial charge in [0.15, 0.2) is 0 Å². The predicted octanol–water partition coefficient (Wildman–Crippen LogP) is 3.88. The quantitative estimate of drug-likeness (QED) is 0.794. The number of aryl methyl sites for hydroxylation is 2. The fourth-order valence-electron chi connectivity index (χ4n) is 4.86. The molecule has 0 spiro atoms. The van der Waals surface area contributed by atoms with Crippen molar-refractivity contribution in [1.82, 2.24) is 14.4 Å². The standard InChI is InChI=1S/C24H31N3O2/c1-17-8-4-5-9-22(17)27-18(2)16-21(19(27)3)24(29)26-14-10-20(11-15-26)23(28)25-12-6-7-13-25/h4-5,8-9,16,20H,6-7,10-15H2,1-3H3. The Hall–Kier alpha value is -2.56. The molecule has 29 heavy (non-hydrogen) atoms. The minimum Gasteiger partial charge on any atom is -0.342 e. The van der Waals surface area contributed by atoms with E-state index in [0.717, 1.165) is 61.4 Å². The van der Waals surface area contributed by atoms with Crippen LogP contribution in [-0.4, -0.2) is 52.4 Å². The third-order valence-electron chi connectivity index (χ3n) is 6.57. The van der Waals surface area contributed by atoms with Gasteiger partial charge >= 0.3 is 0 Å². The Kier molecular flexibility index (Phi) is 5.48. The summed E-state index contributed by atoms with van der Waals surface area (Å²) in [7, 11) is 0. The number of likely N-dealkylation sites (tertiary alicyclic amines) is 2. The summed E-state index contributed by atoms with van der Waals surface area (Å²) in [6.07, 6.45) is 3.80. The van der Waals surface area contributed by atoms with Gasteiger partial charge in [-0.05, 0) is 64.2 Å². The Morgan fingerprint density at radius 1 is 0.897 bits per heavy atom. The third kappa shape index (κ3) is 3.70. The van der Waals surface area contributed by atoms with E-state index in [-0.39, 0.29) is 11.8 Å². The first-order chi connectivity index (χ1) is 14.0. The van der Waals surface area contributed by atoms with Crippen LogP contribution in [0.1, 0.15) is 53.0 Å². The molecule has 154 valence electrons. The molecule has 1 aromatic carbocycles. The zero-order valence-electron chi connectivity index (χ0n) is 17.8. The van der Waals surface area contributed by atoms with Crippen LogP contribution in [0.5, 0.6) is 0 Å². The number of rotatable bonds is 3. The molecule has 2 fully saturated rings. The Morgan fingerprint density at radius 3 is 2.21 bits per heavy atom. The van der Waals surface area contributed by atoms with Crippen molar-refractivity contribution in [3.8, 4) is 5.69 Å². The van der Waals surface area contributed by atoms with Crippen molar-refractivity contribution in [2.45, 2.75) is 46.5 Å². The van der Waals surface area contributed by atoms with E-state index in [9.17, 15) is 9.59 Å². The van der Waals surface area contributed by atoms with E-state index in [1.54, 1.807) is 0 Å². The smallest absolute Gasteiger partial charge is 0.255 e. The summed E-state index contributed by atoms with van der Waals surface area (Å²) in [6.45, 7) is 9.31. The lowest BCUT2D eigenvalue weighted by Gasteiger charge is -2.33. The second-order valence-electron chi connectivity index (χ2n) is 8.51. The highest BCUT2D eigenvalue weighted by atomic mass is 16.2. The normalized spacial score (nSPS) is 17.8. The van der Waals surface area contributed by atoms with Crippen LogP contribution in [0, 0.1) is 26.7 Å². The van der Waals surface area contributed by atoms with Crippen molar-refractivity contribution in [3.63, 3.8) is 0 Å². The predicted molar refractivity (Wildman–Crippen MR) is 114 cm³/mol. The van der Waals surface area contributed by atoms with Gasteiger partial charge < -0.3 is 14.4 Å². The van der Waals surface area contributed by atoms with Crippen LogP contribution in [-0.2, 0) is 4.79 Å². The lowest BCUT2D eigenvalue weighted by molar-refractivity contribution is -0.135. The lowest BCUT2D eigenvalue weighted by atomic mass is 9.95. The Labute approximate surface area is 173 Å². The summed E-state index contributed by atoms with van der Waals surface area (Å²) >= 11 is 0. The summed E-state index contributed by atoms with van der Waals surface area (Å²) in [5.41, 5.74) is 5.14. The monoisotopic (exact) mass is 393 g/mol. The number of piperidine rings is 1. The van der Waals surface area contributed by atoms with Gasteiger partial charge in [0.2, 0.25) is 5.91 Å². The first-order valence-electron chi connectivity index (χ1n) is 10.8. The number of nitrogens with zero attached hydrogens (tertiary/aromatic N) is 3. The minimum atomic E-state index is 0.0801. The second kappa shape index (κ2) is 8.05. The van der Waals surface area contributed by atoms with Crippen molar-refractivity contribution in [2.24, 2.45) is 5.92 Å². The molecule has 0 atom stereocenters. The fraction of sp³-hybridized carbons (Fsp3) is 0.500. The first kappa shape index (κ1) is 19.7. The number of benzene rings is 1. The molecule has 2 aliphatic rings. The molecule has 0 aliphatic carbocycles. The van der Waals surface area contributed by atoms with E-state index in [0.29, 0.717) is 19.0 Å². The molecule has 0 bridgehead atoms. The Morgan fingerprint density at radius 2 is 1.55 bits per heavy atom. The maximum atomic E-state index is 13.3. The van der Waals surface area contributed by atoms with Crippen LogP contribution < -0.4 is 0 Å². The van der Waals surface area contributed by atoms with E-state index in [2.05, 4.69) is 30.5 Å². The van der Waals surface area contributed by atoms with Crippen molar-refractivity contribution in [2.75, 3.05) is 26.2 Å². The number of carbonyl (C=O) groups excluding carboxylic acids is 2. The maximum Gasteiger partial charge on any atom is 0.255 e. The summed E-state index contributed by atoms with van der Waals surface area (Å²) < 4.78 is 2.17. The zero-order chi connectivity index (χ0) is 20.5. The van der Waals surface area contributed by atoms with Gasteiger partial charge in [0.25, 0.3) is 5.91 Å². The highest BCUT2D eigenvalue weighted by molar-refractivity contribution is 5.96. The van der Waals surface area contributed by atoms with Crippen LogP contribution in [0.15, 0.2) is 30.3 Å². The molecule has 1 aromatic heterocycles. The van der Waals surface area contributed by atoms with Crippen LogP contribution >= 0.6 is 0 Å². The van der Waals surface area contributed by atoms with Gasteiger partial charge in [0, 0.05) is 49.2 Å². The van der Waals surface area contributed by atoms with Crippen LogP contribution in [0.25, 0.3) is 5.69 Å². The van der Waals surface area contributed by atoms with Crippen molar-refractivity contribution < 1.29 is 9.59 Å². The molecule has 0 saturated carbocycles. The van der Waals surface area contributed by atoms with Gasteiger partial charge in [-0.1, -0.05) is 18.2 Å². The molecule has 3 heterocycles. The second-order valence-corrected chi connectivity index (χ2v) is 8.51. The third-order valence-corrected chi connectivity index (χ3v) is 6.57. The lowest BCUT2D eigenvalue weighted by Crippen LogP contribution is -2.43. The zero-order valence-corrected chi connectivity index (χ0v) is 17.8. The summed E-state index contributed by atoms with van der Waals surface area (Å²) in [5.74, 6) is 0.467. The van der Waals surface area contributed by atoms with E-state index in [1.807, 2.05) is 34.9 Å². The van der Waals surface area contributed by atoms with E-state index in [1.165, 1.54) is 5.56 Å². The number of carbonyl (C=O) groups is 2. The molecule has 2 aliphatic heterocycles. The molecule has 0 unspecified atom stereocenters. The molecule has 0 radical (unpaired) electrons. The number of amides is 2. The van der Waals surface area contributed by atoms with Crippen molar-refractivity contribution in [1.29, 1.82) is 0 Å². The molecule has 4 rings (SSSR count). The van der Waals surface area contributed by atoms with E-state index >= 15 is 0 Å². The van der Waals surface area contributed by atoms with Crippen molar-refractivity contribution >= 4 is 11.8 Å². The average molecular weight is 394 g/mol. The number of hydrogen-bond donors (Lipinski definition) is 0. The van der Waals surface area contributed by atoms with Gasteiger partial charge in [0.05, 0.1) is 5.56 Å². The summed E-state index contributed by atoms with van der Waals surface area (Å²) in [4.78, 5) is 29.8. The largest absolute Gasteiger partial charge is 0.342 e. The molecular weight excluding hydrogens is 362 g/mol. The topological polar surface area (TPSA) is 45.6 Å². The molecule has 2 saturated heterocycles. The minimum absolute atomic E-state index is 0.0801. The van der Waals surface area contributed by atoms with Crippen LogP contribution in [0.2, 0.25) is 0 Å². The number of para-hydroxylation sites is 1. The van der Waals surface area contributed by atoms with Gasteiger partial charge in [-0.25, -0.2) is 0 Å². The molecular formula is C24H31N3O2. The number of hydrogen-bond acceptors (Lipinski definition) is 2.